The number of rotatable bonds is 6. The molecule has 1 fully saturated rings. The van der Waals surface area contributed by atoms with Gasteiger partial charge in [0.25, 0.3) is 0 Å². The molecule has 0 spiro atoms. The SMILES string of the molecule is CCC(C)NC(=O)C1(c2ccc(NC(=O)C(C)C)cc2)CCCCC1. The Hall–Kier alpha value is -1.84. The molecule has 4 nitrogen and oxygen atoms in total. The Balaban J connectivity index is 2.23. The van der Waals surface area contributed by atoms with E-state index in [9.17, 15) is 9.59 Å². The van der Waals surface area contributed by atoms with Crippen molar-refractivity contribution in [1.82, 2.24) is 5.32 Å². The number of hydrogen-bond acceptors (Lipinski definition) is 2. The maximum atomic E-state index is 13.1. The molecule has 1 unspecified atom stereocenters. The Kier molecular flexibility index (Phi) is 6.63. The molecule has 1 aromatic rings. The van der Waals surface area contributed by atoms with E-state index < -0.39 is 5.41 Å². The maximum Gasteiger partial charge on any atom is 0.230 e. The minimum absolute atomic E-state index is 0.00893. The van der Waals surface area contributed by atoms with Crippen molar-refractivity contribution in [2.24, 2.45) is 5.92 Å². The molecule has 0 bridgehead atoms. The second-order valence-corrected chi connectivity index (χ2v) is 7.65. The highest BCUT2D eigenvalue weighted by Crippen LogP contribution is 2.40. The normalized spacial score (nSPS) is 17.8. The van der Waals surface area contributed by atoms with Gasteiger partial charge in [0.05, 0.1) is 5.41 Å². The maximum absolute atomic E-state index is 13.1. The van der Waals surface area contributed by atoms with Crippen LogP contribution in [0, 0.1) is 5.92 Å². The van der Waals surface area contributed by atoms with Crippen LogP contribution in [0.3, 0.4) is 0 Å². The summed E-state index contributed by atoms with van der Waals surface area (Å²) in [7, 11) is 0. The van der Waals surface area contributed by atoms with E-state index in [0.717, 1.165) is 43.4 Å². The van der Waals surface area contributed by atoms with Crippen molar-refractivity contribution >= 4 is 17.5 Å². The monoisotopic (exact) mass is 344 g/mol. The third-order valence-corrected chi connectivity index (χ3v) is 5.36. The molecule has 1 atom stereocenters. The summed E-state index contributed by atoms with van der Waals surface area (Å²) < 4.78 is 0. The van der Waals surface area contributed by atoms with Crippen molar-refractivity contribution in [2.45, 2.75) is 77.7 Å². The highest BCUT2D eigenvalue weighted by atomic mass is 16.2. The molecule has 0 radical (unpaired) electrons. The third kappa shape index (κ3) is 4.62. The first kappa shape index (κ1) is 19.5. The molecule has 0 heterocycles. The molecule has 1 aliphatic carbocycles. The zero-order valence-corrected chi connectivity index (χ0v) is 16.0. The van der Waals surface area contributed by atoms with E-state index in [4.69, 9.17) is 0 Å². The smallest absolute Gasteiger partial charge is 0.230 e. The molecule has 1 saturated carbocycles. The van der Waals surface area contributed by atoms with Gasteiger partial charge in [0.15, 0.2) is 0 Å². The lowest BCUT2D eigenvalue weighted by molar-refractivity contribution is -0.128. The van der Waals surface area contributed by atoms with E-state index in [-0.39, 0.29) is 23.8 Å². The van der Waals surface area contributed by atoms with Crippen LogP contribution in [-0.4, -0.2) is 17.9 Å². The van der Waals surface area contributed by atoms with Crippen molar-refractivity contribution in [3.05, 3.63) is 29.8 Å². The number of amides is 2. The number of carbonyl (C=O) groups excluding carboxylic acids is 2. The molecule has 0 aromatic heterocycles. The Morgan fingerprint density at radius 1 is 1.04 bits per heavy atom. The first-order chi connectivity index (χ1) is 11.9. The number of hydrogen-bond donors (Lipinski definition) is 2. The van der Waals surface area contributed by atoms with Crippen molar-refractivity contribution in [3.63, 3.8) is 0 Å². The number of carbonyl (C=O) groups is 2. The summed E-state index contributed by atoms with van der Waals surface area (Å²) >= 11 is 0. The van der Waals surface area contributed by atoms with Gasteiger partial charge in [-0.15, -0.1) is 0 Å². The van der Waals surface area contributed by atoms with Gasteiger partial charge in [-0.1, -0.05) is 52.2 Å². The van der Waals surface area contributed by atoms with E-state index in [1.54, 1.807) is 0 Å². The van der Waals surface area contributed by atoms with Gasteiger partial charge in [-0.05, 0) is 43.9 Å². The first-order valence-corrected chi connectivity index (χ1v) is 9.61. The van der Waals surface area contributed by atoms with Crippen LogP contribution in [0.1, 0.15) is 71.8 Å². The standard InChI is InChI=1S/C21H32N2O2/c1-5-16(4)22-20(25)21(13-7-6-8-14-21)17-9-11-18(12-10-17)23-19(24)15(2)3/h9-12,15-16H,5-8,13-14H2,1-4H3,(H,22,25)(H,23,24). The summed E-state index contributed by atoms with van der Waals surface area (Å²) in [5.74, 6) is 0.112. The molecular formula is C21H32N2O2. The highest BCUT2D eigenvalue weighted by molar-refractivity contribution is 5.92. The van der Waals surface area contributed by atoms with E-state index in [2.05, 4.69) is 24.5 Å². The lowest BCUT2D eigenvalue weighted by Gasteiger charge is -2.37. The lowest BCUT2D eigenvalue weighted by Crippen LogP contribution is -2.48. The number of anilines is 1. The van der Waals surface area contributed by atoms with Crippen molar-refractivity contribution in [2.75, 3.05) is 5.32 Å². The third-order valence-electron chi connectivity index (χ3n) is 5.36. The molecule has 2 amide bonds. The fourth-order valence-corrected chi connectivity index (χ4v) is 3.43. The number of nitrogens with one attached hydrogen (secondary N) is 2. The lowest BCUT2D eigenvalue weighted by atomic mass is 9.68. The summed E-state index contributed by atoms with van der Waals surface area (Å²) in [6.07, 6.45) is 6.09. The van der Waals surface area contributed by atoms with Crippen LogP contribution in [0.5, 0.6) is 0 Å². The van der Waals surface area contributed by atoms with E-state index in [0.29, 0.717) is 0 Å². The molecule has 25 heavy (non-hydrogen) atoms. The van der Waals surface area contributed by atoms with Crippen LogP contribution in [-0.2, 0) is 15.0 Å². The molecule has 2 rings (SSSR count). The van der Waals surface area contributed by atoms with Crippen molar-refractivity contribution < 1.29 is 9.59 Å². The fraction of sp³-hybridized carbons (Fsp3) is 0.619. The summed E-state index contributed by atoms with van der Waals surface area (Å²) in [5, 5.41) is 6.11. The van der Waals surface area contributed by atoms with Crippen LogP contribution in [0.2, 0.25) is 0 Å². The van der Waals surface area contributed by atoms with Crippen molar-refractivity contribution in [1.29, 1.82) is 0 Å². The predicted molar refractivity (Wildman–Crippen MR) is 103 cm³/mol. The molecule has 1 aromatic carbocycles. The van der Waals surface area contributed by atoms with Gasteiger partial charge in [-0.3, -0.25) is 9.59 Å². The summed E-state index contributed by atoms with van der Waals surface area (Å²) in [5.41, 5.74) is 1.42. The topological polar surface area (TPSA) is 58.2 Å². The average molecular weight is 344 g/mol. The Bertz CT molecular complexity index is 586. The van der Waals surface area contributed by atoms with Gasteiger partial charge in [0, 0.05) is 17.6 Å². The Morgan fingerprint density at radius 3 is 2.16 bits per heavy atom. The zero-order chi connectivity index (χ0) is 18.4. The van der Waals surface area contributed by atoms with Gasteiger partial charge in [-0.25, -0.2) is 0 Å². The van der Waals surface area contributed by atoms with Crippen LogP contribution >= 0.6 is 0 Å². The predicted octanol–water partition coefficient (Wildman–Crippen LogP) is 4.40. The average Bonchev–Trinajstić information content (AvgIpc) is 2.62. The van der Waals surface area contributed by atoms with Crippen molar-refractivity contribution in [3.8, 4) is 0 Å². The van der Waals surface area contributed by atoms with Gasteiger partial charge < -0.3 is 10.6 Å². The second-order valence-electron chi connectivity index (χ2n) is 7.65. The summed E-state index contributed by atoms with van der Waals surface area (Å²) in [6.45, 7) is 7.89. The van der Waals surface area contributed by atoms with E-state index >= 15 is 0 Å². The van der Waals surface area contributed by atoms with Crippen LogP contribution < -0.4 is 10.6 Å². The van der Waals surface area contributed by atoms with Gasteiger partial charge in [0.1, 0.15) is 0 Å². The number of benzene rings is 1. The quantitative estimate of drug-likeness (QED) is 0.803. The van der Waals surface area contributed by atoms with E-state index in [1.165, 1.54) is 6.42 Å². The van der Waals surface area contributed by atoms with Crippen LogP contribution in [0.15, 0.2) is 24.3 Å². The van der Waals surface area contributed by atoms with Gasteiger partial charge >= 0.3 is 0 Å². The first-order valence-electron chi connectivity index (χ1n) is 9.61. The largest absolute Gasteiger partial charge is 0.353 e. The highest BCUT2D eigenvalue weighted by Gasteiger charge is 2.41. The molecular weight excluding hydrogens is 312 g/mol. The molecule has 1 aliphatic rings. The summed E-state index contributed by atoms with van der Waals surface area (Å²) in [4.78, 5) is 24.9. The fourth-order valence-electron chi connectivity index (χ4n) is 3.43. The molecule has 4 heteroatoms. The molecule has 0 aliphatic heterocycles. The molecule has 2 N–H and O–H groups in total. The minimum Gasteiger partial charge on any atom is -0.353 e. The second kappa shape index (κ2) is 8.50. The minimum atomic E-state index is -0.428. The zero-order valence-electron chi connectivity index (χ0n) is 16.0. The summed E-state index contributed by atoms with van der Waals surface area (Å²) in [6, 6.07) is 8.05. The van der Waals surface area contributed by atoms with Crippen LogP contribution in [0.25, 0.3) is 0 Å². The Labute approximate surface area is 151 Å². The van der Waals surface area contributed by atoms with Crippen LogP contribution in [0.4, 0.5) is 5.69 Å². The van der Waals surface area contributed by atoms with E-state index in [1.807, 2.05) is 38.1 Å². The Morgan fingerprint density at radius 2 is 1.64 bits per heavy atom. The van der Waals surface area contributed by atoms with Gasteiger partial charge in [-0.2, -0.15) is 0 Å². The van der Waals surface area contributed by atoms with Gasteiger partial charge in [0.2, 0.25) is 11.8 Å². The molecule has 0 saturated heterocycles. The molecule has 138 valence electrons.